The largest absolute Gasteiger partial charge is 0.315 e. The van der Waals surface area contributed by atoms with Crippen LogP contribution in [0.4, 0.5) is 0 Å². The van der Waals surface area contributed by atoms with Crippen LogP contribution in [0.2, 0.25) is 0 Å². The highest BCUT2D eigenvalue weighted by Gasteiger charge is 1.97. The molecule has 0 spiro atoms. The summed E-state index contributed by atoms with van der Waals surface area (Å²) in [5, 5.41) is 4.07. The van der Waals surface area contributed by atoms with E-state index in [9.17, 15) is 0 Å². The summed E-state index contributed by atoms with van der Waals surface area (Å²) < 4.78 is 4.86. The smallest absolute Gasteiger partial charge is 0.0877 e. The molecular weight excluding hydrogens is 168 g/mol. The molecule has 0 N–H and O–H groups in total. The lowest BCUT2D eigenvalue weighted by Gasteiger charge is -2.06. The van der Waals surface area contributed by atoms with Crippen molar-refractivity contribution in [3.63, 3.8) is 0 Å². The molecule has 2 aliphatic rings. The summed E-state index contributed by atoms with van der Waals surface area (Å²) in [5.74, 6) is 1.19. The fraction of sp³-hybridized carbons (Fsp3) is 1.00. The lowest BCUT2D eigenvalue weighted by Crippen LogP contribution is -2.08. The van der Waals surface area contributed by atoms with Gasteiger partial charge < -0.3 is 4.18 Å². The molecule has 11 heavy (non-hydrogen) atoms. The molecule has 0 radical (unpaired) electrons. The van der Waals surface area contributed by atoms with Crippen molar-refractivity contribution in [1.29, 1.82) is 0 Å². The standard InChI is InChI=1S/C3H6O3.C3H6OS/c1-2-4-6-5-3-1;1-2-4-5-3-1/h1-3H2;1-3H2. The Morgan fingerprint density at radius 1 is 0.909 bits per heavy atom. The van der Waals surface area contributed by atoms with Crippen molar-refractivity contribution in [3.05, 3.63) is 0 Å². The zero-order chi connectivity index (χ0) is 7.78. The number of hydrogen-bond acceptors (Lipinski definition) is 5. The third-order valence-electron chi connectivity index (χ3n) is 1.09. The van der Waals surface area contributed by atoms with Gasteiger partial charge in [0.05, 0.1) is 19.8 Å². The van der Waals surface area contributed by atoms with E-state index in [0.717, 1.165) is 13.0 Å². The van der Waals surface area contributed by atoms with Crippen molar-refractivity contribution in [1.82, 2.24) is 0 Å². The first-order chi connectivity index (χ1) is 5.50. The van der Waals surface area contributed by atoms with E-state index in [0.29, 0.717) is 13.2 Å². The molecule has 2 rings (SSSR count). The highest BCUT2D eigenvalue weighted by molar-refractivity contribution is 7.94. The normalized spacial score (nSPS) is 24.0. The van der Waals surface area contributed by atoms with Gasteiger partial charge in [-0.2, -0.15) is 0 Å². The van der Waals surface area contributed by atoms with E-state index in [1.807, 2.05) is 0 Å². The molecule has 0 atom stereocenters. The van der Waals surface area contributed by atoms with E-state index >= 15 is 0 Å². The van der Waals surface area contributed by atoms with Crippen LogP contribution >= 0.6 is 12.0 Å². The first-order valence-corrected chi connectivity index (χ1v) is 4.57. The van der Waals surface area contributed by atoms with E-state index in [2.05, 4.69) is 14.8 Å². The van der Waals surface area contributed by atoms with Crippen molar-refractivity contribution in [2.24, 2.45) is 0 Å². The van der Waals surface area contributed by atoms with Crippen molar-refractivity contribution < 1.29 is 19.0 Å². The molecule has 0 aromatic rings. The van der Waals surface area contributed by atoms with Crippen LogP contribution in [0.5, 0.6) is 0 Å². The van der Waals surface area contributed by atoms with Gasteiger partial charge in [0.1, 0.15) is 0 Å². The second kappa shape index (κ2) is 6.87. The fourth-order valence-electron chi connectivity index (χ4n) is 0.573. The molecule has 0 aliphatic carbocycles. The van der Waals surface area contributed by atoms with Crippen molar-refractivity contribution in [2.75, 3.05) is 25.6 Å². The average molecular weight is 180 g/mol. The van der Waals surface area contributed by atoms with Gasteiger partial charge in [-0.3, -0.25) is 0 Å². The van der Waals surface area contributed by atoms with E-state index in [1.54, 1.807) is 12.0 Å². The molecule has 0 bridgehead atoms. The summed E-state index contributed by atoms with van der Waals surface area (Å²) in [7, 11) is 0. The van der Waals surface area contributed by atoms with E-state index in [4.69, 9.17) is 4.18 Å². The Kier molecular flexibility index (Phi) is 5.80. The van der Waals surface area contributed by atoms with Gasteiger partial charge in [0.2, 0.25) is 0 Å². The SMILES string of the molecule is C1COOOC1.C1COSC1. The molecule has 4 nitrogen and oxygen atoms in total. The van der Waals surface area contributed by atoms with Gasteiger partial charge in [0.25, 0.3) is 0 Å². The maximum atomic E-state index is 4.86. The highest BCUT2D eigenvalue weighted by atomic mass is 32.2. The molecule has 2 fully saturated rings. The monoisotopic (exact) mass is 180 g/mol. The highest BCUT2D eigenvalue weighted by Crippen LogP contribution is 2.11. The Bertz CT molecular complexity index is 63.5. The molecule has 0 aromatic heterocycles. The van der Waals surface area contributed by atoms with Gasteiger partial charge >= 0.3 is 0 Å². The Hall–Kier alpha value is 0.190. The minimum atomic E-state index is 0.653. The Morgan fingerprint density at radius 2 is 1.73 bits per heavy atom. The summed E-state index contributed by atoms with van der Waals surface area (Å²) in [6.07, 6.45) is 2.17. The molecule has 0 unspecified atom stereocenters. The van der Waals surface area contributed by atoms with Crippen molar-refractivity contribution in [3.8, 4) is 0 Å². The third-order valence-corrected chi connectivity index (χ3v) is 1.88. The van der Waals surface area contributed by atoms with Gasteiger partial charge in [-0.05, 0) is 18.5 Å². The summed E-state index contributed by atoms with van der Waals surface area (Å²) >= 11 is 1.57. The van der Waals surface area contributed by atoms with Gasteiger partial charge in [0.15, 0.2) is 0 Å². The molecule has 66 valence electrons. The predicted molar refractivity (Wildman–Crippen MR) is 40.6 cm³/mol. The van der Waals surface area contributed by atoms with E-state index in [1.165, 1.54) is 12.2 Å². The summed E-state index contributed by atoms with van der Waals surface area (Å²) in [4.78, 5) is 8.69. The zero-order valence-corrected chi connectivity index (χ0v) is 7.10. The molecule has 0 aromatic carbocycles. The molecule has 2 heterocycles. The Labute approximate surface area is 70.2 Å². The second-order valence-electron chi connectivity index (χ2n) is 2.06. The minimum absolute atomic E-state index is 0.653. The minimum Gasteiger partial charge on any atom is -0.315 e. The average Bonchev–Trinajstić information content (AvgIpc) is 2.64. The van der Waals surface area contributed by atoms with Gasteiger partial charge in [0, 0.05) is 12.2 Å². The van der Waals surface area contributed by atoms with Crippen LogP contribution in [-0.4, -0.2) is 25.6 Å². The Morgan fingerprint density at radius 3 is 1.91 bits per heavy atom. The Balaban J connectivity index is 0.000000112. The first-order valence-electron chi connectivity index (χ1n) is 3.65. The third kappa shape index (κ3) is 5.46. The van der Waals surface area contributed by atoms with Crippen molar-refractivity contribution >= 4 is 12.0 Å². The lowest BCUT2D eigenvalue weighted by atomic mass is 10.5. The van der Waals surface area contributed by atoms with Crippen LogP contribution < -0.4 is 0 Å². The maximum absolute atomic E-state index is 4.86. The van der Waals surface area contributed by atoms with Gasteiger partial charge in [-0.25, -0.2) is 9.78 Å². The molecule has 0 saturated carbocycles. The maximum Gasteiger partial charge on any atom is 0.0877 e. The topological polar surface area (TPSA) is 36.9 Å². The predicted octanol–water partition coefficient (Wildman–Crippen LogP) is 1.32. The molecule has 2 saturated heterocycles. The number of hydrogen-bond donors (Lipinski definition) is 0. The molecular formula is C6H12O4S. The molecule has 5 heteroatoms. The second-order valence-corrected chi connectivity index (χ2v) is 2.94. The quantitative estimate of drug-likeness (QED) is 0.415. The van der Waals surface area contributed by atoms with Crippen LogP contribution in [0.15, 0.2) is 0 Å². The number of rotatable bonds is 0. The van der Waals surface area contributed by atoms with Crippen LogP contribution in [0.1, 0.15) is 12.8 Å². The first kappa shape index (κ1) is 9.28. The van der Waals surface area contributed by atoms with Crippen LogP contribution in [0.25, 0.3) is 0 Å². The summed E-state index contributed by atoms with van der Waals surface area (Å²) in [6.45, 7) is 2.27. The molecule has 0 amide bonds. The van der Waals surface area contributed by atoms with Crippen LogP contribution in [0, 0.1) is 0 Å². The van der Waals surface area contributed by atoms with Gasteiger partial charge in [-0.1, -0.05) is 5.04 Å². The lowest BCUT2D eigenvalue weighted by molar-refractivity contribution is -0.532. The summed E-state index contributed by atoms with van der Waals surface area (Å²) in [5.41, 5.74) is 0. The fourth-order valence-corrected chi connectivity index (χ4v) is 1.16. The summed E-state index contributed by atoms with van der Waals surface area (Å²) in [6, 6.07) is 0. The van der Waals surface area contributed by atoms with Crippen LogP contribution in [0.3, 0.4) is 0 Å². The van der Waals surface area contributed by atoms with E-state index in [-0.39, 0.29) is 0 Å². The van der Waals surface area contributed by atoms with Crippen LogP contribution in [-0.2, 0) is 19.0 Å². The molecule has 2 aliphatic heterocycles. The van der Waals surface area contributed by atoms with Crippen molar-refractivity contribution in [2.45, 2.75) is 12.8 Å². The zero-order valence-electron chi connectivity index (χ0n) is 6.28. The van der Waals surface area contributed by atoms with Gasteiger partial charge in [-0.15, -0.1) is 0 Å². The van der Waals surface area contributed by atoms with E-state index < -0.39 is 0 Å².